The maximum atomic E-state index is 6.45. The number of benzene rings is 2. The molecule has 146 valence electrons. The van der Waals surface area contributed by atoms with Gasteiger partial charge in [0, 0.05) is 6.54 Å². The van der Waals surface area contributed by atoms with Crippen molar-refractivity contribution in [2.45, 2.75) is 63.9 Å². The van der Waals surface area contributed by atoms with E-state index in [-0.39, 0.29) is 23.9 Å². The molecule has 1 saturated heterocycles. The molecule has 3 aliphatic rings. The van der Waals surface area contributed by atoms with Gasteiger partial charge < -0.3 is 18.9 Å². The first kappa shape index (κ1) is 18.1. The molecule has 2 aliphatic heterocycles. The van der Waals surface area contributed by atoms with Crippen molar-refractivity contribution in [1.29, 1.82) is 0 Å². The third-order valence-corrected chi connectivity index (χ3v) is 6.68. The molecule has 28 heavy (non-hydrogen) atoms. The van der Waals surface area contributed by atoms with E-state index in [0.29, 0.717) is 0 Å². The summed E-state index contributed by atoms with van der Waals surface area (Å²) in [6.07, 6.45) is 2.25. The number of hydrogen-bond acceptors (Lipinski definition) is 4. The Morgan fingerprint density at radius 1 is 0.929 bits per heavy atom. The average Bonchev–Trinajstić information content (AvgIpc) is 3.34. The van der Waals surface area contributed by atoms with Crippen LogP contribution >= 0.6 is 0 Å². The Bertz CT molecular complexity index is 876. The van der Waals surface area contributed by atoms with Crippen LogP contribution in [0.4, 0.5) is 5.69 Å². The van der Waals surface area contributed by atoms with Crippen molar-refractivity contribution >= 4 is 18.3 Å². The molecule has 1 spiro atoms. The van der Waals surface area contributed by atoms with Gasteiger partial charge >= 0.3 is 7.12 Å². The third kappa shape index (κ3) is 3.01. The number of anilines is 1. The Morgan fingerprint density at radius 2 is 1.61 bits per heavy atom. The van der Waals surface area contributed by atoms with Crippen LogP contribution in [0, 0.1) is 0 Å². The highest BCUT2D eigenvalue weighted by Crippen LogP contribution is 2.48. The molecule has 4 nitrogen and oxygen atoms in total. The third-order valence-electron chi connectivity index (χ3n) is 6.68. The molecular formula is C23H28BNO3. The molecule has 0 atom stereocenters. The summed E-state index contributed by atoms with van der Waals surface area (Å²) in [6.45, 7) is 10.2. The molecule has 1 aliphatic carbocycles. The molecule has 0 N–H and O–H groups in total. The summed E-state index contributed by atoms with van der Waals surface area (Å²) < 4.78 is 18.9. The zero-order valence-corrected chi connectivity index (χ0v) is 17.2. The fourth-order valence-electron chi connectivity index (χ4n) is 4.04. The molecule has 1 saturated carbocycles. The van der Waals surface area contributed by atoms with Crippen LogP contribution in [0.15, 0.2) is 48.5 Å². The fraction of sp³-hybridized carbons (Fsp3) is 0.478. The van der Waals surface area contributed by atoms with E-state index in [0.717, 1.165) is 42.8 Å². The van der Waals surface area contributed by atoms with Crippen molar-refractivity contribution in [1.82, 2.24) is 0 Å². The minimum Gasteiger partial charge on any atom is -0.483 e. The standard InChI is InChI=1S/C23H28BNO3/c1-21(2)22(3,4)28-24(27-21)18-10-11-19-20(14-18)26-23(12-13-23)16-25(19)15-17-8-6-5-7-9-17/h5-11,14H,12-13,15-16H2,1-4H3. The molecule has 0 bridgehead atoms. The normalized spacial score (nSPS) is 23.4. The van der Waals surface area contributed by atoms with Crippen molar-refractivity contribution in [2.75, 3.05) is 11.4 Å². The molecule has 2 aromatic rings. The smallest absolute Gasteiger partial charge is 0.483 e. The minimum atomic E-state index is -0.362. The Hall–Kier alpha value is -1.98. The van der Waals surface area contributed by atoms with Crippen LogP contribution in [0.5, 0.6) is 5.75 Å². The van der Waals surface area contributed by atoms with Gasteiger partial charge in [-0.05, 0) is 63.7 Å². The van der Waals surface area contributed by atoms with Crippen molar-refractivity contribution < 1.29 is 14.0 Å². The van der Waals surface area contributed by atoms with Gasteiger partial charge in [0.15, 0.2) is 0 Å². The number of ether oxygens (including phenoxy) is 1. The summed E-state index contributed by atoms with van der Waals surface area (Å²) in [5, 5.41) is 0. The highest BCUT2D eigenvalue weighted by atomic mass is 16.7. The zero-order valence-electron chi connectivity index (χ0n) is 17.2. The molecular weight excluding hydrogens is 349 g/mol. The zero-order chi connectivity index (χ0) is 19.6. The number of rotatable bonds is 3. The van der Waals surface area contributed by atoms with E-state index in [9.17, 15) is 0 Å². The Balaban J connectivity index is 1.45. The lowest BCUT2D eigenvalue weighted by Crippen LogP contribution is -2.42. The monoisotopic (exact) mass is 377 g/mol. The summed E-state index contributed by atoms with van der Waals surface area (Å²) in [7, 11) is -0.362. The van der Waals surface area contributed by atoms with Gasteiger partial charge in [-0.3, -0.25) is 0 Å². The van der Waals surface area contributed by atoms with Crippen LogP contribution in [-0.2, 0) is 15.9 Å². The largest absolute Gasteiger partial charge is 0.494 e. The van der Waals surface area contributed by atoms with Crippen LogP contribution in [0.1, 0.15) is 46.1 Å². The minimum absolute atomic E-state index is 0.0175. The first-order chi connectivity index (χ1) is 13.3. The highest BCUT2D eigenvalue weighted by molar-refractivity contribution is 6.62. The topological polar surface area (TPSA) is 30.9 Å². The van der Waals surface area contributed by atoms with Gasteiger partial charge in [-0.15, -0.1) is 0 Å². The SMILES string of the molecule is CC1(C)OB(c2ccc3c(c2)OC2(CC2)CN3Cc2ccccc2)OC1(C)C. The summed E-state index contributed by atoms with van der Waals surface area (Å²) in [5.74, 6) is 0.951. The molecule has 5 heteroatoms. The predicted molar refractivity (Wildman–Crippen MR) is 112 cm³/mol. The molecule has 5 rings (SSSR count). The van der Waals surface area contributed by atoms with E-state index in [1.54, 1.807) is 0 Å². The second kappa shape index (κ2) is 6.01. The lowest BCUT2D eigenvalue weighted by molar-refractivity contribution is 0.00578. The van der Waals surface area contributed by atoms with Crippen molar-refractivity contribution in [2.24, 2.45) is 0 Å². The second-order valence-corrected chi connectivity index (χ2v) is 9.44. The molecule has 0 aromatic heterocycles. The van der Waals surface area contributed by atoms with Crippen molar-refractivity contribution in [3.63, 3.8) is 0 Å². The van der Waals surface area contributed by atoms with Crippen LogP contribution in [0.2, 0.25) is 0 Å². The van der Waals surface area contributed by atoms with E-state index in [1.807, 2.05) is 0 Å². The molecule has 0 amide bonds. The Morgan fingerprint density at radius 3 is 2.25 bits per heavy atom. The van der Waals surface area contributed by atoms with Gasteiger partial charge in [0.05, 0.1) is 23.4 Å². The summed E-state index contributed by atoms with van der Waals surface area (Å²) in [4.78, 5) is 2.45. The fourth-order valence-corrected chi connectivity index (χ4v) is 4.04. The summed E-state index contributed by atoms with van der Waals surface area (Å²) in [5.41, 5.74) is 2.80. The van der Waals surface area contributed by atoms with Gasteiger partial charge in [0.2, 0.25) is 0 Å². The van der Waals surface area contributed by atoms with Gasteiger partial charge in [-0.25, -0.2) is 0 Å². The van der Waals surface area contributed by atoms with Crippen LogP contribution in [0.25, 0.3) is 0 Å². The summed E-state index contributed by atoms with van der Waals surface area (Å²) in [6, 6.07) is 17.0. The van der Waals surface area contributed by atoms with E-state index in [4.69, 9.17) is 14.0 Å². The van der Waals surface area contributed by atoms with E-state index >= 15 is 0 Å². The van der Waals surface area contributed by atoms with Gasteiger partial charge in [0.25, 0.3) is 0 Å². The average molecular weight is 377 g/mol. The van der Waals surface area contributed by atoms with Gasteiger partial charge in [0.1, 0.15) is 11.4 Å². The first-order valence-corrected chi connectivity index (χ1v) is 10.2. The number of fused-ring (bicyclic) bond motifs is 1. The Labute approximate surface area is 167 Å². The van der Waals surface area contributed by atoms with E-state index in [1.165, 1.54) is 5.56 Å². The molecule has 2 aromatic carbocycles. The second-order valence-electron chi connectivity index (χ2n) is 9.44. The van der Waals surface area contributed by atoms with Crippen LogP contribution in [-0.4, -0.2) is 30.5 Å². The maximum Gasteiger partial charge on any atom is 0.494 e. The number of nitrogens with zero attached hydrogens (tertiary/aromatic N) is 1. The predicted octanol–water partition coefficient (Wildman–Crippen LogP) is 3.92. The van der Waals surface area contributed by atoms with E-state index < -0.39 is 0 Å². The molecule has 0 unspecified atom stereocenters. The van der Waals surface area contributed by atoms with Crippen molar-refractivity contribution in [3.8, 4) is 5.75 Å². The van der Waals surface area contributed by atoms with Crippen LogP contribution in [0.3, 0.4) is 0 Å². The lowest BCUT2D eigenvalue weighted by atomic mass is 9.78. The van der Waals surface area contributed by atoms with Gasteiger partial charge in [-0.1, -0.05) is 36.4 Å². The first-order valence-electron chi connectivity index (χ1n) is 10.2. The summed E-state index contributed by atoms with van der Waals surface area (Å²) >= 11 is 0. The molecule has 0 radical (unpaired) electrons. The van der Waals surface area contributed by atoms with E-state index in [2.05, 4.69) is 81.1 Å². The maximum absolute atomic E-state index is 6.45. The lowest BCUT2D eigenvalue weighted by Gasteiger charge is -2.37. The quantitative estimate of drug-likeness (QED) is 0.759. The Kier molecular flexibility index (Phi) is 3.88. The van der Waals surface area contributed by atoms with Crippen LogP contribution < -0.4 is 15.1 Å². The van der Waals surface area contributed by atoms with Gasteiger partial charge in [-0.2, -0.15) is 0 Å². The molecule has 2 fully saturated rings. The highest BCUT2D eigenvalue weighted by Gasteiger charge is 2.53. The van der Waals surface area contributed by atoms with Crippen molar-refractivity contribution in [3.05, 3.63) is 54.1 Å². The number of hydrogen-bond donors (Lipinski definition) is 0. The molecule has 2 heterocycles.